The van der Waals surface area contributed by atoms with Crippen molar-refractivity contribution in [1.29, 1.82) is 0 Å². The summed E-state index contributed by atoms with van der Waals surface area (Å²) in [7, 11) is 0. The number of benzene rings is 1. The van der Waals surface area contributed by atoms with Gasteiger partial charge in [0.15, 0.2) is 0 Å². The van der Waals surface area contributed by atoms with Crippen molar-refractivity contribution < 1.29 is 0 Å². The topological polar surface area (TPSA) is 3.24 Å². The summed E-state index contributed by atoms with van der Waals surface area (Å²) in [5, 5.41) is 4.51. The number of thiophene rings is 1. The fourth-order valence-electron chi connectivity index (χ4n) is 2.92. The van der Waals surface area contributed by atoms with Crippen LogP contribution in [0.25, 0.3) is 0 Å². The molecule has 0 radical (unpaired) electrons. The number of rotatable bonds is 3. The van der Waals surface area contributed by atoms with Gasteiger partial charge < -0.3 is 0 Å². The maximum absolute atomic E-state index is 2.59. The molecule has 3 rings (SSSR count). The number of aryl methyl sites for hydroxylation is 2. The van der Waals surface area contributed by atoms with Crippen molar-refractivity contribution in [2.45, 2.75) is 32.7 Å². The zero-order valence-electron chi connectivity index (χ0n) is 11.7. The number of hydrogen-bond donors (Lipinski definition) is 0. The molecule has 0 N–H and O–H groups in total. The van der Waals surface area contributed by atoms with E-state index in [0.29, 0.717) is 0 Å². The summed E-state index contributed by atoms with van der Waals surface area (Å²) in [6.45, 7) is 7.93. The second-order valence-corrected chi connectivity index (χ2v) is 6.48. The molecule has 0 bridgehead atoms. The molecule has 2 heterocycles. The van der Waals surface area contributed by atoms with Crippen LogP contribution in [0.4, 0.5) is 0 Å². The predicted octanol–water partition coefficient (Wildman–Crippen LogP) is 4.35. The van der Waals surface area contributed by atoms with Crippen molar-refractivity contribution in [3.8, 4) is 0 Å². The molecule has 0 unspecified atom stereocenters. The summed E-state index contributed by atoms with van der Waals surface area (Å²) in [6.07, 6.45) is 1.31. The van der Waals surface area contributed by atoms with Gasteiger partial charge in [0, 0.05) is 13.1 Å². The Hall–Kier alpha value is -1.12. The van der Waals surface area contributed by atoms with Crippen molar-refractivity contribution in [3.63, 3.8) is 0 Å². The summed E-state index contributed by atoms with van der Waals surface area (Å²) in [4.78, 5) is 2.59. The summed E-state index contributed by atoms with van der Waals surface area (Å²) in [6, 6.07) is 9.15. The van der Waals surface area contributed by atoms with E-state index in [1.807, 2.05) is 11.3 Å². The fraction of sp³-hybridized carbons (Fsp3) is 0.412. The molecule has 1 nitrogen and oxygen atoms in total. The van der Waals surface area contributed by atoms with Gasteiger partial charge >= 0.3 is 0 Å². The third kappa shape index (κ3) is 2.90. The Morgan fingerprint density at radius 2 is 2.11 bits per heavy atom. The molecule has 1 aliphatic rings. The van der Waals surface area contributed by atoms with Crippen LogP contribution in [0.1, 0.15) is 34.6 Å². The number of hydrogen-bond acceptors (Lipinski definition) is 2. The van der Waals surface area contributed by atoms with Crippen LogP contribution in [-0.2, 0) is 6.54 Å². The number of likely N-dealkylation sites (tertiary alicyclic amines) is 1. The molecule has 1 saturated heterocycles. The second kappa shape index (κ2) is 5.48. The normalized spacial score (nSPS) is 20.0. The van der Waals surface area contributed by atoms with Gasteiger partial charge in [-0.25, -0.2) is 0 Å². The molecule has 100 valence electrons. The highest BCUT2D eigenvalue weighted by atomic mass is 32.1. The summed E-state index contributed by atoms with van der Waals surface area (Å²) in [5.41, 5.74) is 5.79. The predicted molar refractivity (Wildman–Crippen MR) is 82.9 cm³/mol. The lowest BCUT2D eigenvalue weighted by atomic mass is 10.0. The second-order valence-electron chi connectivity index (χ2n) is 5.70. The lowest BCUT2D eigenvalue weighted by Crippen LogP contribution is -2.19. The van der Waals surface area contributed by atoms with Gasteiger partial charge in [0.2, 0.25) is 0 Å². The first-order chi connectivity index (χ1) is 9.22. The smallest absolute Gasteiger partial charge is 0.0234 e. The van der Waals surface area contributed by atoms with Crippen LogP contribution in [0.5, 0.6) is 0 Å². The molecule has 2 heteroatoms. The summed E-state index contributed by atoms with van der Waals surface area (Å²) >= 11 is 1.82. The molecule has 1 aliphatic heterocycles. The highest BCUT2D eigenvalue weighted by molar-refractivity contribution is 7.07. The Morgan fingerprint density at radius 1 is 1.21 bits per heavy atom. The molecule has 0 saturated carbocycles. The van der Waals surface area contributed by atoms with E-state index in [1.165, 1.54) is 41.8 Å². The first-order valence-corrected chi connectivity index (χ1v) is 7.97. The minimum absolute atomic E-state index is 0.748. The van der Waals surface area contributed by atoms with E-state index in [-0.39, 0.29) is 0 Å². The molecule has 0 aliphatic carbocycles. The number of nitrogens with zero attached hydrogens (tertiary/aromatic N) is 1. The van der Waals surface area contributed by atoms with E-state index in [2.05, 4.69) is 53.8 Å². The molecular formula is C17H21NS. The highest BCUT2D eigenvalue weighted by Gasteiger charge is 2.23. The summed E-state index contributed by atoms with van der Waals surface area (Å²) < 4.78 is 0. The van der Waals surface area contributed by atoms with E-state index in [4.69, 9.17) is 0 Å². The Bertz CT molecular complexity index is 544. The van der Waals surface area contributed by atoms with E-state index < -0.39 is 0 Å². The minimum atomic E-state index is 0.748. The van der Waals surface area contributed by atoms with Crippen LogP contribution in [0.15, 0.2) is 35.0 Å². The largest absolute Gasteiger partial charge is 0.298 e. The maximum Gasteiger partial charge on any atom is 0.0234 e. The van der Waals surface area contributed by atoms with Gasteiger partial charge in [-0.1, -0.05) is 18.2 Å². The molecule has 1 atom stereocenters. The molecule has 0 spiro atoms. The lowest BCUT2D eigenvalue weighted by Gasteiger charge is -2.16. The quantitative estimate of drug-likeness (QED) is 0.802. The van der Waals surface area contributed by atoms with Crippen molar-refractivity contribution in [3.05, 3.63) is 57.3 Å². The van der Waals surface area contributed by atoms with Gasteiger partial charge in [0.1, 0.15) is 0 Å². The molecule has 1 aromatic carbocycles. The molecule has 0 amide bonds. The standard InChI is InChI=1S/C17H21NS/c1-13-3-4-15(9-14(13)2)10-18-7-5-16(11-18)17-6-8-19-12-17/h3-4,6,8-9,12,16H,5,7,10-11H2,1-2H3/t16-/m1/s1. The van der Waals surface area contributed by atoms with Crippen LogP contribution in [0, 0.1) is 13.8 Å². The van der Waals surface area contributed by atoms with Crippen LogP contribution >= 0.6 is 11.3 Å². The molecule has 1 fully saturated rings. The third-order valence-electron chi connectivity index (χ3n) is 4.26. The zero-order valence-corrected chi connectivity index (χ0v) is 12.5. The third-order valence-corrected chi connectivity index (χ3v) is 4.97. The Morgan fingerprint density at radius 3 is 2.84 bits per heavy atom. The van der Waals surface area contributed by atoms with E-state index in [1.54, 1.807) is 0 Å². The average molecular weight is 271 g/mol. The fourth-order valence-corrected chi connectivity index (χ4v) is 3.66. The van der Waals surface area contributed by atoms with E-state index >= 15 is 0 Å². The van der Waals surface area contributed by atoms with Crippen molar-refractivity contribution in [2.24, 2.45) is 0 Å². The van der Waals surface area contributed by atoms with Gasteiger partial charge in [0.05, 0.1) is 0 Å². The van der Waals surface area contributed by atoms with Crippen LogP contribution in [0.3, 0.4) is 0 Å². The first-order valence-electron chi connectivity index (χ1n) is 7.03. The van der Waals surface area contributed by atoms with Crippen LogP contribution in [-0.4, -0.2) is 18.0 Å². The van der Waals surface area contributed by atoms with Crippen molar-refractivity contribution in [1.82, 2.24) is 4.90 Å². The molecule has 19 heavy (non-hydrogen) atoms. The SMILES string of the molecule is Cc1ccc(CN2CC[C@@H](c3ccsc3)C2)cc1C. The first kappa shape index (κ1) is 12.9. The Labute approximate surface area is 119 Å². The molecule has 1 aromatic heterocycles. The highest BCUT2D eigenvalue weighted by Crippen LogP contribution is 2.29. The monoisotopic (exact) mass is 271 g/mol. The van der Waals surface area contributed by atoms with Crippen LogP contribution < -0.4 is 0 Å². The summed E-state index contributed by atoms with van der Waals surface area (Å²) in [5.74, 6) is 0.748. The Balaban J connectivity index is 1.64. The van der Waals surface area contributed by atoms with E-state index in [9.17, 15) is 0 Å². The minimum Gasteiger partial charge on any atom is -0.298 e. The Kier molecular flexibility index (Phi) is 3.72. The van der Waals surface area contributed by atoms with E-state index in [0.717, 1.165) is 12.5 Å². The van der Waals surface area contributed by atoms with Crippen molar-refractivity contribution >= 4 is 11.3 Å². The zero-order chi connectivity index (χ0) is 13.2. The molecule has 2 aromatic rings. The van der Waals surface area contributed by atoms with Gasteiger partial charge in [-0.15, -0.1) is 0 Å². The van der Waals surface area contributed by atoms with Crippen LogP contribution in [0.2, 0.25) is 0 Å². The van der Waals surface area contributed by atoms with Gasteiger partial charge in [-0.05, 0) is 71.8 Å². The molecular weight excluding hydrogens is 250 g/mol. The van der Waals surface area contributed by atoms with Gasteiger partial charge in [0.25, 0.3) is 0 Å². The van der Waals surface area contributed by atoms with Gasteiger partial charge in [-0.2, -0.15) is 11.3 Å². The van der Waals surface area contributed by atoms with Crippen molar-refractivity contribution in [2.75, 3.05) is 13.1 Å². The maximum atomic E-state index is 2.59. The lowest BCUT2D eigenvalue weighted by molar-refractivity contribution is 0.327. The van der Waals surface area contributed by atoms with Gasteiger partial charge in [-0.3, -0.25) is 4.90 Å². The average Bonchev–Trinajstić information content (AvgIpc) is 3.04.